The first kappa shape index (κ1) is 14.8. The molecule has 0 aliphatic carbocycles. The zero-order chi connectivity index (χ0) is 14.4. The molecular weight excluding hydrogens is 256 g/mol. The van der Waals surface area contributed by atoms with Crippen LogP contribution in [0.5, 0.6) is 5.75 Å². The van der Waals surface area contributed by atoms with E-state index in [0.717, 1.165) is 16.5 Å². The fourth-order valence-corrected chi connectivity index (χ4v) is 1.96. The molecule has 0 bridgehead atoms. The summed E-state index contributed by atoms with van der Waals surface area (Å²) < 4.78 is 18.0. The van der Waals surface area contributed by atoms with Gasteiger partial charge in [0.05, 0.1) is 0 Å². The fraction of sp³-hybridized carbons (Fsp3) is 0.375. The van der Waals surface area contributed by atoms with Gasteiger partial charge in [-0.3, -0.25) is 0 Å². The van der Waals surface area contributed by atoms with Gasteiger partial charge in [0.2, 0.25) is 0 Å². The summed E-state index contributed by atoms with van der Waals surface area (Å²) in [6.07, 6.45) is -0.664. The van der Waals surface area contributed by atoms with E-state index in [4.69, 9.17) is 4.74 Å². The Labute approximate surface area is 118 Å². The van der Waals surface area contributed by atoms with Crippen LogP contribution in [0, 0.1) is 0 Å². The topological polar surface area (TPSA) is 41.5 Å². The van der Waals surface area contributed by atoms with Crippen LogP contribution >= 0.6 is 0 Å². The first-order chi connectivity index (χ1) is 9.70. The second-order valence-corrected chi connectivity index (χ2v) is 4.91. The highest BCUT2D eigenvalue weighted by molar-refractivity contribution is 5.88. The Morgan fingerprint density at radius 3 is 2.75 bits per heavy atom. The van der Waals surface area contributed by atoms with Crippen LogP contribution in [0.25, 0.3) is 10.8 Å². The quantitative estimate of drug-likeness (QED) is 0.816. The van der Waals surface area contributed by atoms with Crippen molar-refractivity contribution in [1.29, 1.82) is 0 Å². The highest BCUT2D eigenvalue weighted by Gasteiger charge is 2.09. The van der Waals surface area contributed by atoms with Crippen LogP contribution in [-0.4, -0.2) is 37.1 Å². The summed E-state index contributed by atoms with van der Waals surface area (Å²) in [4.78, 5) is 0. The van der Waals surface area contributed by atoms with Gasteiger partial charge in [0, 0.05) is 18.0 Å². The van der Waals surface area contributed by atoms with Crippen LogP contribution in [0.4, 0.5) is 4.39 Å². The van der Waals surface area contributed by atoms with Crippen molar-refractivity contribution >= 4 is 10.8 Å². The largest absolute Gasteiger partial charge is 0.490 e. The molecule has 0 radical (unpaired) electrons. The number of nitrogens with one attached hydrogen (secondary N) is 1. The lowest BCUT2D eigenvalue weighted by molar-refractivity contribution is 0.104. The Morgan fingerprint density at radius 1 is 1.20 bits per heavy atom. The minimum Gasteiger partial charge on any atom is -0.490 e. The summed E-state index contributed by atoms with van der Waals surface area (Å²) in [5, 5.41) is 14.8. The number of benzene rings is 2. The predicted molar refractivity (Wildman–Crippen MR) is 78.9 cm³/mol. The molecule has 0 saturated carbocycles. The van der Waals surface area contributed by atoms with E-state index in [1.54, 1.807) is 6.92 Å². The number of aliphatic hydroxyl groups excluding tert-OH is 1. The van der Waals surface area contributed by atoms with Crippen LogP contribution in [-0.2, 0) is 0 Å². The third-order valence-electron chi connectivity index (χ3n) is 3.11. The number of hydrogen-bond donors (Lipinski definition) is 2. The third-order valence-corrected chi connectivity index (χ3v) is 3.11. The van der Waals surface area contributed by atoms with Crippen LogP contribution in [0.2, 0.25) is 0 Å². The summed E-state index contributed by atoms with van der Waals surface area (Å²) in [6.45, 7) is 1.78. The summed E-state index contributed by atoms with van der Waals surface area (Å²) in [5.41, 5.74) is 0. The zero-order valence-electron chi connectivity index (χ0n) is 11.6. The maximum atomic E-state index is 12.3. The summed E-state index contributed by atoms with van der Waals surface area (Å²) in [5.74, 6) is 0.751. The summed E-state index contributed by atoms with van der Waals surface area (Å²) >= 11 is 0. The summed E-state index contributed by atoms with van der Waals surface area (Å²) in [6, 6.07) is 13.5. The normalized spacial score (nSPS) is 14.2. The Kier molecular flexibility index (Phi) is 5.32. The number of hydrogen-bond acceptors (Lipinski definition) is 3. The lowest BCUT2D eigenvalue weighted by atomic mass is 10.1. The van der Waals surface area contributed by atoms with Crippen LogP contribution < -0.4 is 10.1 Å². The van der Waals surface area contributed by atoms with E-state index in [0.29, 0.717) is 6.54 Å². The van der Waals surface area contributed by atoms with E-state index in [2.05, 4.69) is 5.32 Å². The molecule has 0 aliphatic rings. The number of halogens is 1. The van der Waals surface area contributed by atoms with Gasteiger partial charge in [0.25, 0.3) is 0 Å². The van der Waals surface area contributed by atoms with Gasteiger partial charge >= 0.3 is 0 Å². The molecule has 0 saturated heterocycles. The van der Waals surface area contributed by atoms with Crippen LogP contribution in [0.1, 0.15) is 6.92 Å². The molecule has 2 aromatic rings. The minimum atomic E-state index is -0.664. The molecule has 4 heteroatoms. The second kappa shape index (κ2) is 7.22. The highest BCUT2D eigenvalue weighted by Crippen LogP contribution is 2.25. The molecule has 2 unspecified atom stereocenters. The van der Waals surface area contributed by atoms with Gasteiger partial charge in [-0.25, -0.2) is 4.39 Å². The second-order valence-electron chi connectivity index (χ2n) is 4.91. The van der Waals surface area contributed by atoms with Crippen molar-refractivity contribution in [2.75, 3.05) is 19.8 Å². The number of alkyl halides is 1. The van der Waals surface area contributed by atoms with Gasteiger partial charge < -0.3 is 15.2 Å². The van der Waals surface area contributed by atoms with Crippen molar-refractivity contribution in [2.24, 2.45) is 0 Å². The molecule has 0 heterocycles. The highest BCUT2D eigenvalue weighted by atomic mass is 18.2. The van der Waals surface area contributed by atoms with E-state index in [9.17, 15) is 9.50 Å². The molecule has 0 aliphatic heterocycles. The SMILES string of the molecule is CC(C[18F])NCC(O)COc1cccc2ccccc12. The van der Waals surface area contributed by atoms with Gasteiger partial charge in [0.1, 0.15) is 25.1 Å². The number of ether oxygens (including phenoxy) is 1. The van der Waals surface area contributed by atoms with Gasteiger partial charge in [-0.05, 0) is 18.4 Å². The number of rotatable bonds is 7. The maximum Gasteiger partial charge on any atom is 0.127 e. The van der Waals surface area contributed by atoms with Gasteiger partial charge in [-0.1, -0.05) is 36.4 Å². The van der Waals surface area contributed by atoms with Crippen molar-refractivity contribution in [3.8, 4) is 5.75 Å². The van der Waals surface area contributed by atoms with E-state index < -0.39 is 12.8 Å². The van der Waals surface area contributed by atoms with Crippen molar-refractivity contribution in [3.63, 3.8) is 0 Å². The Hall–Kier alpha value is -1.65. The molecule has 20 heavy (non-hydrogen) atoms. The lowest BCUT2D eigenvalue weighted by Gasteiger charge is -2.16. The molecule has 2 aromatic carbocycles. The van der Waals surface area contributed by atoms with Gasteiger partial charge in [0.15, 0.2) is 0 Å². The smallest absolute Gasteiger partial charge is 0.127 e. The van der Waals surface area contributed by atoms with Crippen molar-refractivity contribution in [2.45, 2.75) is 19.1 Å². The Bertz CT molecular complexity index is 541. The fourth-order valence-electron chi connectivity index (χ4n) is 1.96. The lowest BCUT2D eigenvalue weighted by Crippen LogP contribution is -2.37. The molecule has 2 atom stereocenters. The molecule has 108 valence electrons. The van der Waals surface area contributed by atoms with E-state index in [1.165, 1.54) is 0 Å². The van der Waals surface area contributed by atoms with E-state index in [-0.39, 0.29) is 12.6 Å². The average Bonchev–Trinajstić information content (AvgIpc) is 2.50. The molecule has 0 fully saturated rings. The first-order valence-corrected chi connectivity index (χ1v) is 6.78. The maximum absolute atomic E-state index is 12.3. The van der Waals surface area contributed by atoms with E-state index in [1.807, 2.05) is 42.5 Å². The monoisotopic (exact) mass is 276 g/mol. The molecule has 0 spiro atoms. The van der Waals surface area contributed by atoms with Crippen LogP contribution in [0.3, 0.4) is 0 Å². The standard InChI is InChI=1S/C16H20FNO2/c1-12(9-17)18-10-14(19)11-20-16-8-4-6-13-5-2-3-7-15(13)16/h2-8,12,14,18-19H,9-11H2,1H3/i17-1. The van der Waals surface area contributed by atoms with Gasteiger partial charge in [-0.15, -0.1) is 0 Å². The van der Waals surface area contributed by atoms with Crippen molar-refractivity contribution in [1.82, 2.24) is 5.32 Å². The summed E-state index contributed by atoms with van der Waals surface area (Å²) in [7, 11) is 0. The first-order valence-electron chi connectivity index (χ1n) is 6.78. The van der Waals surface area contributed by atoms with Crippen molar-refractivity contribution < 1.29 is 14.2 Å². The van der Waals surface area contributed by atoms with Crippen LogP contribution in [0.15, 0.2) is 42.5 Å². The number of fused-ring (bicyclic) bond motifs is 1. The Balaban J connectivity index is 1.92. The molecule has 2 N–H and O–H groups in total. The molecule has 0 amide bonds. The minimum absolute atomic E-state index is 0.181. The molecule has 0 aromatic heterocycles. The zero-order valence-corrected chi connectivity index (χ0v) is 11.6. The molecular formula is C16H20FNO2. The van der Waals surface area contributed by atoms with Gasteiger partial charge in [-0.2, -0.15) is 0 Å². The van der Waals surface area contributed by atoms with Crippen molar-refractivity contribution in [3.05, 3.63) is 42.5 Å². The predicted octanol–water partition coefficient (Wildman–Crippen LogP) is 2.53. The number of aliphatic hydroxyl groups is 1. The van der Waals surface area contributed by atoms with E-state index >= 15 is 0 Å². The average molecular weight is 276 g/mol. The molecule has 2 rings (SSSR count). The molecule has 3 nitrogen and oxygen atoms in total. The Morgan fingerprint density at radius 2 is 1.95 bits per heavy atom. The third kappa shape index (κ3) is 3.92.